The van der Waals surface area contributed by atoms with Crippen molar-refractivity contribution in [1.29, 1.82) is 0 Å². The lowest BCUT2D eigenvalue weighted by molar-refractivity contribution is -0.131. The Balaban J connectivity index is 2.16. The number of likely N-dealkylation sites (N-methyl/N-ethyl adjacent to an activating group) is 1. The molecule has 0 spiro atoms. The Morgan fingerprint density at radius 3 is 2.75 bits per heavy atom. The molecule has 1 aromatic rings. The number of carbonyl (C=O) groups excluding carboxylic acids is 2. The van der Waals surface area contributed by atoms with Gasteiger partial charge in [-0.05, 0) is 38.0 Å². The Bertz CT molecular complexity index is 531. The molecule has 0 unspecified atom stereocenters. The predicted molar refractivity (Wildman–Crippen MR) is 83.0 cm³/mol. The molecular formula is C15H20N2O2S. The number of anilines is 1. The van der Waals surface area contributed by atoms with Crippen LogP contribution in [-0.2, 0) is 9.59 Å². The third-order valence-corrected chi connectivity index (χ3v) is 4.37. The Morgan fingerprint density at radius 2 is 2.15 bits per heavy atom. The first-order chi connectivity index (χ1) is 9.52. The lowest BCUT2D eigenvalue weighted by Crippen LogP contribution is -2.41. The lowest BCUT2D eigenvalue weighted by Gasteiger charge is -2.25. The van der Waals surface area contributed by atoms with Gasteiger partial charge in [0.15, 0.2) is 0 Å². The maximum absolute atomic E-state index is 12.5. The zero-order valence-electron chi connectivity index (χ0n) is 12.2. The third-order valence-electron chi connectivity index (χ3n) is 3.42. The number of rotatable bonds is 4. The molecule has 4 nitrogen and oxygen atoms in total. The molecular weight excluding hydrogens is 272 g/mol. The van der Waals surface area contributed by atoms with Crippen molar-refractivity contribution in [3.63, 3.8) is 0 Å². The Kier molecular flexibility index (Phi) is 4.70. The molecule has 1 fully saturated rings. The van der Waals surface area contributed by atoms with Gasteiger partial charge in [-0.15, -0.1) is 11.8 Å². The van der Waals surface area contributed by atoms with Crippen LogP contribution in [0.15, 0.2) is 18.2 Å². The van der Waals surface area contributed by atoms with E-state index in [1.807, 2.05) is 39.0 Å². The molecule has 0 aliphatic carbocycles. The van der Waals surface area contributed by atoms with Gasteiger partial charge in [0, 0.05) is 12.2 Å². The van der Waals surface area contributed by atoms with Crippen LogP contribution in [0.2, 0.25) is 0 Å². The van der Waals surface area contributed by atoms with E-state index in [1.165, 1.54) is 0 Å². The van der Waals surface area contributed by atoms with Crippen LogP contribution in [0.3, 0.4) is 0 Å². The molecule has 0 saturated carbocycles. The summed E-state index contributed by atoms with van der Waals surface area (Å²) >= 11 is 1.56. The minimum Gasteiger partial charge on any atom is -0.323 e. The summed E-state index contributed by atoms with van der Waals surface area (Å²) in [6.07, 6.45) is 0. The fourth-order valence-electron chi connectivity index (χ4n) is 2.28. The van der Waals surface area contributed by atoms with E-state index in [1.54, 1.807) is 21.6 Å². The molecule has 1 saturated heterocycles. The van der Waals surface area contributed by atoms with E-state index < -0.39 is 0 Å². The van der Waals surface area contributed by atoms with Crippen LogP contribution in [0.25, 0.3) is 0 Å². The number of hydrogen-bond acceptors (Lipinski definition) is 3. The Hall–Kier alpha value is -1.49. The fourth-order valence-corrected chi connectivity index (χ4v) is 3.18. The SMILES string of the molecule is CCN(C(=O)CN1CSCC1=O)c1cc(C)ccc1C. The smallest absolute Gasteiger partial charge is 0.246 e. The lowest BCUT2D eigenvalue weighted by atomic mass is 10.1. The van der Waals surface area contributed by atoms with Gasteiger partial charge in [0.25, 0.3) is 0 Å². The zero-order valence-corrected chi connectivity index (χ0v) is 13.0. The highest BCUT2D eigenvalue weighted by Gasteiger charge is 2.25. The normalized spacial score (nSPS) is 14.8. The van der Waals surface area contributed by atoms with Crippen LogP contribution in [-0.4, -0.2) is 41.4 Å². The van der Waals surface area contributed by atoms with Crippen LogP contribution in [0.4, 0.5) is 5.69 Å². The highest BCUT2D eigenvalue weighted by molar-refractivity contribution is 8.00. The number of amides is 2. The van der Waals surface area contributed by atoms with Crippen molar-refractivity contribution in [3.8, 4) is 0 Å². The average Bonchev–Trinajstić information content (AvgIpc) is 2.80. The van der Waals surface area contributed by atoms with E-state index in [4.69, 9.17) is 0 Å². The molecule has 1 aliphatic rings. The van der Waals surface area contributed by atoms with Gasteiger partial charge in [-0.2, -0.15) is 0 Å². The van der Waals surface area contributed by atoms with Gasteiger partial charge in [0.2, 0.25) is 11.8 Å². The summed E-state index contributed by atoms with van der Waals surface area (Å²) in [5.41, 5.74) is 3.15. The van der Waals surface area contributed by atoms with Crippen LogP contribution in [0.5, 0.6) is 0 Å². The summed E-state index contributed by atoms with van der Waals surface area (Å²) in [5, 5.41) is 0. The first-order valence-corrected chi connectivity index (χ1v) is 7.91. The molecule has 1 aromatic carbocycles. The van der Waals surface area contributed by atoms with Gasteiger partial charge in [-0.1, -0.05) is 12.1 Å². The minimum atomic E-state index is -0.0166. The number of aryl methyl sites for hydroxylation is 2. The molecule has 1 aliphatic heterocycles. The summed E-state index contributed by atoms with van der Waals surface area (Å²) in [5.74, 6) is 1.15. The Morgan fingerprint density at radius 1 is 1.40 bits per heavy atom. The molecule has 0 N–H and O–H groups in total. The quantitative estimate of drug-likeness (QED) is 0.854. The van der Waals surface area contributed by atoms with Crippen molar-refractivity contribution in [3.05, 3.63) is 29.3 Å². The fraction of sp³-hybridized carbons (Fsp3) is 0.467. The molecule has 2 amide bonds. The standard InChI is InChI=1S/C15H20N2O2S/c1-4-17(13-7-11(2)5-6-12(13)3)14(18)8-16-10-20-9-15(16)19/h5-7H,4,8-10H2,1-3H3. The molecule has 108 valence electrons. The molecule has 0 atom stereocenters. The minimum absolute atomic E-state index is 0.0166. The zero-order chi connectivity index (χ0) is 14.7. The summed E-state index contributed by atoms with van der Waals surface area (Å²) in [4.78, 5) is 27.5. The maximum Gasteiger partial charge on any atom is 0.246 e. The van der Waals surface area contributed by atoms with Crippen molar-refractivity contribution >= 4 is 29.3 Å². The summed E-state index contributed by atoms with van der Waals surface area (Å²) < 4.78 is 0. The third kappa shape index (κ3) is 3.15. The van der Waals surface area contributed by atoms with Gasteiger partial charge in [0.05, 0.1) is 11.6 Å². The summed E-state index contributed by atoms with van der Waals surface area (Å²) in [7, 11) is 0. The van der Waals surface area contributed by atoms with Crippen molar-refractivity contribution in [2.24, 2.45) is 0 Å². The maximum atomic E-state index is 12.5. The molecule has 1 heterocycles. The number of thioether (sulfide) groups is 1. The van der Waals surface area contributed by atoms with E-state index in [0.717, 1.165) is 16.8 Å². The van der Waals surface area contributed by atoms with E-state index in [9.17, 15) is 9.59 Å². The molecule has 0 aromatic heterocycles. The van der Waals surface area contributed by atoms with Crippen LogP contribution >= 0.6 is 11.8 Å². The summed E-state index contributed by atoms with van der Waals surface area (Å²) in [6, 6.07) is 6.09. The molecule has 0 radical (unpaired) electrons. The molecule has 5 heteroatoms. The van der Waals surface area contributed by atoms with E-state index in [-0.39, 0.29) is 18.4 Å². The first kappa shape index (κ1) is 14.9. The van der Waals surface area contributed by atoms with Crippen LogP contribution in [0, 0.1) is 13.8 Å². The monoisotopic (exact) mass is 292 g/mol. The van der Waals surface area contributed by atoms with Gasteiger partial charge in [-0.25, -0.2) is 0 Å². The second-order valence-corrected chi connectivity index (χ2v) is 5.95. The first-order valence-electron chi connectivity index (χ1n) is 6.76. The Labute approximate surface area is 124 Å². The number of hydrogen-bond donors (Lipinski definition) is 0. The van der Waals surface area contributed by atoms with E-state index in [2.05, 4.69) is 0 Å². The van der Waals surface area contributed by atoms with Crippen LogP contribution < -0.4 is 4.90 Å². The van der Waals surface area contributed by atoms with Crippen molar-refractivity contribution in [2.75, 3.05) is 29.6 Å². The number of carbonyl (C=O) groups is 2. The highest BCUT2D eigenvalue weighted by atomic mass is 32.2. The molecule has 20 heavy (non-hydrogen) atoms. The van der Waals surface area contributed by atoms with Gasteiger partial charge >= 0.3 is 0 Å². The van der Waals surface area contributed by atoms with Crippen molar-refractivity contribution in [2.45, 2.75) is 20.8 Å². The predicted octanol–water partition coefficient (Wildman–Crippen LogP) is 2.19. The van der Waals surface area contributed by atoms with E-state index in [0.29, 0.717) is 18.2 Å². The van der Waals surface area contributed by atoms with Crippen molar-refractivity contribution < 1.29 is 9.59 Å². The molecule has 2 rings (SSSR count). The van der Waals surface area contributed by atoms with E-state index >= 15 is 0 Å². The van der Waals surface area contributed by atoms with Gasteiger partial charge < -0.3 is 9.80 Å². The number of nitrogens with zero attached hydrogens (tertiary/aromatic N) is 2. The second-order valence-electron chi connectivity index (χ2n) is 5.00. The number of benzene rings is 1. The second kappa shape index (κ2) is 6.31. The van der Waals surface area contributed by atoms with Gasteiger partial charge in [0.1, 0.15) is 6.54 Å². The van der Waals surface area contributed by atoms with Crippen LogP contribution in [0.1, 0.15) is 18.1 Å². The van der Waals surface area contributed by atoms with Gasteiger partial charge in [-0.3, -0.25) is 9.59 Å². The molecule has 0 bridgehead atoms. The topological polar surface area (TPSA) is 40.6 Å². The average molecular weight is 292 g/mol. The van der Waals surface area contributed by atoms with Crippen molar-refractivity contribution in [1.82, 2.24) is 4.90 Å². The highest BCUT2D eigenvalue weighted by Crippen LogP contribution is 2.22. The largest absolute Gasteiger partial charge is 0.323 e. The summed E-state index contributed by atoms with van der Waals surface area (Å²) in [6.45, 7) is 6.76.